The van der Waals surface area contributed by atoms with E-state index >= 15 is 0 Å². The minimum atomic E-state index is -0.138. The Kier molecular flexibility index (Phi) is 6.61. The summed E-state index contributed by atoms with van der Waals surface area (Å²) in [7, 11) is 0. The van der Waals surface area contributed by atoms with Crippen LogP contribution in [0.2, 0.25) is 0 Å². The molecule has 0 aliphatic heterocycles. The number of aromatic nitrogens is 1. The molecule has 0 radical (unpaired) electrons. The number of rotatable bonds is 7. The quantitative estimate of drug-likeness (QED) is 0.790. The average molecular weight is 278 g/mol. The number of hydrogen-bond acceptors (Lipinski definition) is 4. The standard InChI is InChI=1S/C15H26N4O/c1-11(2)19(12(3)4)8-7-17-15(20)14-6-5-13(9-16)10-18-14/h5-6,10-12H,7-9,16H2,1-4H3,(H,17,20). The third-order valence-electron chi connectivity index (χ3n) is 3.28. The Morgan fingerprint density at radius 3 is 2.40 bits per heavy atom. The van der Waals surface area contributed by atoms with E-state index in [2.05, 4.69) is 42.9 Å². The fraction of sp³-hybridized carbons (Fsp3) is 0.600. The lowest BCUT2D eigenvalue weighted by Crippen LogP contribution is -2.42. The van der Waals surface area contributed by atoms with E-state index in [1.54, 1.807) is 12.3 Å². The van der Waals surface area contributed by atoms with Gasteiger partial charge in [0.15, 0.2) is 0 Å². The van der Waals surface area contributed by atoms with Crippen LogP contribution in [0.5, 0.6) is 0 Å². The molecular weight excluding hydrogens is 252 g/mol. The van der Waals surface area contributed by atoms with E-state index in [1.165, 1.54) is 0 Å². The number of nitrogens with zero attached hydrogens (tertiary/aromatic N) is 2. The van der Waals surface area contributed by atoms with Crippen molar-refractivity contribution in [1.82, 2.24) is 15.2 Å². The molecule has 1 heterocycles. The predicted octanol–water partition coefficient (Wildman–Crippen LogP) is 1.39. The summed E-state index contributed by atoms with van der Waals surface area (Å²) in [5.74, 6) is -0.138. The number of carbonyl (C=O) groups excluding carboxylic acids is 1. The molecule has 0 spiro atoms. The maximum absolute atomic E-state index is 11.9. The van der Waals surface area contributed by atoms with Gasteiger partial charge in [-0.05, 0) is 39.3 Å². The van der Waals surface area contributed by atoms with Gasteiger partial charge in [-0.3, -0.25) is 14.7 Å². The third kappa shape index (κ3) is 4.90. The summed E-state index contributed by atoms with van der Waals surface area (Å²) >= 11 is 0. The molecule has 3 N–H and O–H groups in total. The number of nitrogens with two attached hydrogens (primary N) is 1. The molecule has 112 valence electrons. The molecule has 20 heavy (non-hydrogen) atoms. The summed E-state index contributed by atoms with van der Waals surface area (Å²) < 4.78 is 0. The van der Waals surface area contributed by atoms with Crippen LogP contribution in [0.4, 0.5) is 0 Å². The van der Waals surface area contributed by atoms with Gasteiger partial charge in [-0.25, -0.2) is 0 Å². The zero-order chi connectivity index (χ0) is 15.1. The number of pyridine rings is 1. The second-order valence-corrected chi connectivity index (χ2v) is 5.44. The van der Waals surface area contributed by atoms with E-state index in [4.69, 9.17) is 5.73 Å². The van der Waals surface area contributed by atoms with Gasteiger partial charge in [-0.15, -0.1) is 0 Å². The van der Waals surface area contributed by atoms with Gasteiger partial charge in [0.25, 0.3) is 5.91 Å². The van der Waals surface area contributed by atoms with Crippen molar-refractivity contribution in [3.05, 3.63) is 29.6 Å². The minimum Gasteiger partial charge on any atom is -0.349 e. The maximum atomic E-state index is 11.9. The van der Waals surface area contributed by atoms with Crippen molar-refractivity contribution in [3.63, 3.8) is 0 Å². The molecule has 0 saturated heterocycles. The first-order chi connectivity index (χ1) is 9.45. The van der Waals surface area contributed by atoms with Crippen molar-refractivity contribution in [2.45, 2.75) is 46.3 Å². The molecule has 0 unspecified atom stereocenters. The van der Waals surface area contributed by atoms with Crippen LogP contribution >= 0.6 is 0 Å². The van der Waals surface area contributed by atoms with Crippen molar-refractivity contribution in [3.8, 4) is 0 Å². The van der Waals surface area contributed by atoms with Gasteiger partial charge >= 0.3 is 0 Å². The van der Waals surface area contributed by atoms with Gasteiger partial charge < -0.3 is 11.1 Å². The summed E-state index contributed by atoms with van der Waals surface area (Å²) in [6.45, 7) is 10.5. The number of carbonyl (C=O) groups is 1. The van der Waals surface area contributed by atoms with E-state index in [-0.39, 0.29) is 5.91 Å². The van der Waals surface area contributed by atoms with Crippen molar-refractivity contribution >= 4 is 5.91 Å². The average Bonchev–Trinajstić information content (AvgIpc) is 2.42. The fourth-order valence-corrected chi connectivity index (χ4v) is 2.18. The monoisotopic (exact) mass is 278 g/mol. The van der Waals surface area contributed by atoms with Crippen LogP contribution in [0, 0.1) is 0 Å². The van der Waals surface area contributed by atoms with Crippen LogP contribution in [0.25, 0.3) is 0 Å². The molecule has 1 aromatic heterocycles. The molecule has 0 atom stereocenters. The van der Waals surface area contributed by atoms with Crippen LogP contribution in [0.3, 0.4) is 0 Å². The summed E-state index contributed by atoms with van der Waals surface area (Å²) in [5.41, 5.74) is 6.86. The molecule has 0 saturated carbocycles. The highest BCUT2D eigenvalue weighted by Gasteiger charge is 2.13. The highest BCUT2D eigenvalue weighted by atomic mass is 16.1. The Labute approximate surface area is 121 Å². The molecule has 0 aliphatic rings. The first-order valence-corrected chi connectivity index (χ1v) is 7.14. The van der Waals surface area contributed by atoms with E-state index in [0.29, 0.717) is 30.9 Å². The van der Waals surface area contributed by atoms with E-state index in [0.717, 1.165) is 12.1 Å². The first-order valence-electron chi connectivity index (χ1n) is 7.14. The number of nitrogens with one attached hydrogen (secondary N) is 1. The van der Waals surface area contributed by atoms with Crippen LogP contribution in [0.1, 0.15) is 43.7 Å². The molecular formula is C15H26N4O. The van der Waals surface area contributed by atoms with Gasteiger partial charge in [0.2, 0.25) is 0 Å². The van der Waals surface area contributed by atoms with Crippen LogP contribution in [0.15, 0.2) is 18.3 Å². The van der Waals surface area contributed by atoms with Crippen LogP contribution in [-0.4, -0.2) is 41.0 Å². The highest BCUT2D eigenvalue weighted by Crippen LogP contribution is 2.04. The maximum Gasteiger partial charge on any atom is 0.269 e. The van der Waals surface area contributed by atoms with Crippen molar-refractivity contribution in [2.24, 2.45) is 5.73 Å². The molecule has 5 heteroatoms. The lowest BCUT2D eigenvalue weighted by molar-refractivity contribution is 0.0934. The lowest BCUT2D eigenvalue weighted by atomic mass is 10.2. The Bertz CT molecular complexity index is 406. The topological polar surface area (TPSA) is 71.2 Å². The Hall–Kier alpha value is -1.46. The highest BCUT2D eigenvalue weighted by molar-refractivity contribution is 5.92. The van der Waals surface area contributed by atoms with Gasteiger partial charge in [-0.2, -0.15) is 0 Å². The van der Waals surface area contributed by atoms with E-state index in [9.17, 15) is 4.79 Å². The van der Waals surface area contributed by atoms with Crippen molar-refractivity contribution in [1.29, 1.82) is 0 Å². The Morgan fingerprint density at radius 1 is 1.30 bits per heavy atom. The summed E-state index contributed by atoms with van der Waals surface area (Å²) in [5, 5.41) is 2.90. The molecule has 1 rings (SSSR count). The van der Waals surface area contributed by atoms with E-state index in [1.807, 2.05) is 6.07 Å². The van der Waals surface area contributed by atoms with Crippen molar-refractivity contribution < 1.29 is 4.79 Å². The molecule has 0 aromatic carbocycles. The van der Waals surface area contributed by atoms with Gasteiger partial charge in [-0.1, -0.05) is 6.07 Å². The SMILES string of the molecule is CC(C)N(CCNC(=O)c1ccc(CN)cn1)C(C)C. The van der Waals surface area contributed by atoms with Crippen LogP contribution in [-0.2, 0) is 6.54 Å². The number of amides is 1. The molecule has 0 bridgehead atoms. The molecule has 1 amide bonds. The van der Waals surface area contributed by atoms with Gasteiger partial charge in [0, 0.05) is 37.9 Å². The van der Waals surface area contributed by atoms with E-state index < -0.39 is 0 Å². The van der Waals surface area contributed by atoms with Crippen molar-refractivity contribution in [2.75, 3.05) is 13.1 Å². The second-order valence-electron chi connectivity index (χ2n) is 5.44. The molecule has 5 nitrogen and oxygen atoms in total. The van der Waals surface area contributed by atoms with Crippen LogP contribution < -0.4 is 11.1 Å². The fourth-order valence-electron chi connectivity index (χ4n) is 2.18. The first kappa shape index (κ1) is 16.6. The molecule has 0 aliphatic carbocycles. The van der Waals surface area contributed by atoms with Gasteiger partial charge in [0.05, 0.1) is 0 Å². The smallest absolute Gasteiger partial charge is 0.269 e. The second kappa shape index (κ2) is 7.97. The minimum absolute atomic E-state index is 0.138. The zero-order valence-electron chi connectivity index (χ0n) is 12.9. The summed E-state index contributed by atoms with van der Waals surface area (Å²) in [4.78, 5) is 18.4. The summed E-state index contributed by atoms with van der Waals surface area (Å²) in [6.07, 6.45) is 1.64. The lowest BCUT2D eigenvalue weighted by Gasteiger charge is -2.30. The third-order valence-corrected chi connectivity index (χ3v) is 3.28. The molecule has 1 aromatic rings. The largest absolute Gasteiger partial charge is 0.349 e. The Balaban J connectivity index is 2.46. The van der Waals surface area contributed by atoms with Gasteiger partial charge in [0.1, 0.15) is 5.69 Å². The Morgan fingerprint density at radius 2 is 1.95 bits per heavy atom. The normalized spacial score (nSPS) is 11.4. The predicted molar refractivity (Wildman–Crippen MR) is 81.4 cm³/mol. The number of hydrogen-bond donors (Lipinski definition) is 2. The molecule has 0 fully saturated rings. The summed E-state index contributed by atoms with van der Waals surface area (Å²) in [6, 6.07) is 4.47. The zero-order valence-corrected chi connectivity index (χ0v) is 12.9.